The lowest BCUT2D eigenvalue weighted by atomic mass is 10.2. The highest BCUT2D eigenvalue weighted by atomic mass is 127. The molecule has 0 aliphatic heterocycles. The van der Waals surface area contributed by atoms with Gasteiger partial charge in [0.2, 0.25) is 5.91 Å². The molecule has 3 rings (SSSR count). The average molecular weight is 557 g/mol. The van der Waals surface area contributed by atoms with Gasteiger partial charge in [-0.05, 0) is 89.3 Å². The molecule has 0 atom stereocenters. The van der Waals surface area contributed by atoms with Crippen LogP contribution in [0.3, 0.4) is 0 Å². The summed E-state index contributed by atoms with van der Waals surface area (Å²) in [6.45, 7) is 0. The zero-order valence-electron chi connectivity index (χ0n) is 14.9. The van der Waals surface area contributed by atoms with Crippen molar-refractivity contribution in [1.29, 1.82) is 0 Å². The third-order valence-corrected chi connectivity index (χ3v) is 6.06. The number of halogens is 3. The normalized spacial score (nSPS) is 10.4. The van der Waals surface area contributed by atoms with Gasteiger partial charge in [-0.2, -0.15) is 0 Å². The maximum absolute atomic E-state index is 12.3. The van der Waals surface area contributed by atoms with E-state index in [-0.39, 0.29) is 17.6 Å². The zero-order valence-corrected chi connectivity index (χ0v) is 19.4. The van der Waals surface area contributed by atoms with Gasteiger partial charge in [0.15, 0.2) is 0 Å². The molecule has 0 aliphatic carbocycles. The topological polar surface area (TPSA) is 58.2 Å². The van der Waals surface area contributed by atoms with E-state index in [1.807, 2.05) is 36.4 Å². The molecule has 0 radical (unpaired) electrons. The molecule has 0 saturated heterocycles. The number of benzene rings is 3. The minimum atomic E-state index is -0.316. The van der Waals surface area contributed by atoms with E-state index < -0.39 is 0 Å². The number of anilines is 2. The van der Waals surface area contributed by atoms with Crippen LogP contribution in [0.2, 0.25) is 10.0 Å². The second-order valence-corrected chi connectivity index (χ2v) is 9.08. The van der Waals surface area contributed by atoms with Crippen LogP contribution in [0.1, 0.15) is 10.4 Å². The molecule has 3 aromatic rings. The summed E-state index contributed by atoms with van der Waals surface area (Å²) in [5, 5.41) is 6.42. The van der Waals surface area contributed by atoms with E-state index in [0.29, 0.717) is 21.3 Å². The number of hydrogen-bond donors (Lipinski definition) is 2. The lowest BCUT2D eigenvalue weighted by Gasteiger charge is -2.08. The Balaban J connectivity index is 1.52. The van der Waals surface area contributed by atoms with Crippen LogP contribution in [0.15, 0.2) is 71.6 Å². The number of carbonyl (C=O) groups is 2. The number of nitrogens with one attached hydrogen (secondary N) is 2. The van der Waals surface area contributed by atoms with Crippen molar-refractivity contribution in [3.05, 3.63) is 85.9 Å². The van der Waals surface area contributed by atoms with Crippen molar-refractivity contribution in [1.82, 2.24) is 0 Å². The highest BCUT2D eigenvalue weighted by molar-refractivity contribution is 14.1. The van der Waals surface area contributed by atoms with Crippen molar-refractivity contribution >= 4 is 80.7 Å². The first kappa shape index (κ1) is 22.0. The van der Waals surface area contributed by atoms with Gasteiger partial charge in [0.1, 0.15) is 0 Å². The standard InChI is InChI=1S/C21H15Cl2IN2O2S/c22-13-1-10-18(19(23)11-13)21(28)26-16-6-8-17(9-7-16)29-12-20(27)25-15-4-2-14(24)3-5-15/h1-11H,12H2,(H,25,27)(H,26,28). The van der Waals surface area contributed by atoms with E-state index in [4.69, 9.17) is 23.2 Å². The summed E-state index contributed by atoms with van der Waals surface area (Å²) in [6.07, 6.45) is 0. The Hall–Kier alpha value is -1.74. The summed E-state index contributed by atoms with van der Waals surface area (Å²) in [6, 6.07) is 19.6. The molecular formula is C21H15Cl2IN2O2S. The molecule has 2 N–H and O–H groups in total. The summed E-state index contributed by atoms with van der Waals surface area (Å²) < 4.78 is 1.11. The van der Waals surface area contributed by atoms with Crippen molar-refractivity contribution in [3.8, 4) is 0 Å². The lowest BCUT2D eigenvalue weighted by molar-refractivity contribution is -0.113. The lowest BCUT2D eigenvalue weighted by Crippen LogP contribution is -2.14. The molecule has 0 aromatic heterocycles. The highest BCUT2D eigenvalue weighted by Crippen LogP contribution is 2.24. The minimum Gasteiger partial charge on any atom is -0.325 e. The Morgan fingerprint density at radius 3 is 2.14 bits per heavy atom. The minimum absolute atomic E-state index is 0.0778. The number of carbonyl (C=O) groups excluding carboxylic acids is 2. The van der Waals surface area contributed by atoms with Crippen LogP contribution in [-0.2, 0) is 4.79 Å². The summed E-state index contributed by atoms with van der Waals surface area (Å²) >= 11 is 15.6. The predicted molar refractivity (Wildman–Crippen MR) is 129 cm³/mol. The van der Waals surface area contributed by atoms with Crippen LogP contribution < -0.4 is 10.6 Å². The molecule has 0 saturated carbocycles. The molecule has 0 bridgehead atoms. The molecule has 2 amide bonds. The second kappa shape index (κ2) is 10.3. The smallest absolute Gasteiger partial charge is 0.257 e. The Morgan fingerprint density at radius 2 is 1.48 bits per heavy atom. The van der Waals surface area contributed by atoms with E-state index in [0.717, 1.165) is 14.2 Å². The van der Waals surface area contributed by atoms with Crippen LogP contribution in [0.25, 0.3) is 0 Å². The first-order valence-corrected chi connectivity index (χ1v) is 11.3. The van der Waals surface area contributed by atoms with Crippen LogP contribution in [-0.4, -0.2) is 17.6 Å². The van der Waals surface area contributed by atoms with Crippen molar-refractivity contribution in [2.45, 2.75) is 4.90 Å². The van der Waals surface area contributed by atoms with E-state index >= 15 is 0 Å². The van der Waals surface area contributed by atoms with Crippen molar-refractivity contribution in [3.63, 3.8) is 0 Å². The first-order valence-electron chi connectivity index (χ1n) is 8.45. The van der Waals surface area contributed by atoms with Gasteiger partial charge < -0.3 is 10.6 Å². The molecular weight excluding hydrogens is 542 g/mol. The van der Waals surface area contributed by atoms with E-state index in [1.165, 1.54) is 17.8 Å². The molecule has 29 heavy (non-hydrogen) atoms. The third-order valence-electron chi connectivity index (χ3n) is 3.79. The maximum atomic E-state index is 12.3. The molecule has 0 spiro atoms. The maximum Gasteiger partial charge on any atom is 0.257 e. The van der Waals surface area contributed by atoms with Gasteiger partial charge in [-0.1, -0.05) is 23.2 Å². The van der Waals surface area contributed by atoms with Crippen molar-refractivity contribution < 1.29 is 9.59 Å². The summed E-state index contributed by atoms with van der Waals surface area (Å²) in [4.78, 5) is 25.3. The summed E-state index contributed by atoms with van der Waals surface area (Å²) in [5.74, 6) is -0.104. The van der Waals surface area contributed by atoms with Gasteiger partial charge in [-0.15, -0.1) is 11.8 Å². The van der Waals surface area contributed by atoms with Gasteiger partial charge >= 0.3 is 0 Å². The van der Waals surface area contributed by atoms with Crippen LogP contribution in [0, 0.1) is 3.57 Å². The van der Waals surface area contributed by atoms with Crippen LogP contribution in [0.5, 0.6) is 0 Å². The predicted octanol–water partition coefficient (Wildman–Crippen LogP) is 6.58. The second-order valence-electron chi connectivity index (χ2n) is 5.95. The van der Waals surface area contributed by atoms with Gasteiger partial charge in [0, 0.05) is 24.9 Å². The Morgan fingerprint density at radius 1 is 0.862 bits per heavy atom. The molecule has 0 unspecified atom stereocenters. The first-order chi connectivity index (χ1) is 13.9. The third kappa shape index (κ3) is 6.64. The van der Waals surface area contributed by atoms with Crippen molar-refractivity contribution in [2.75, 3.05) is 16.4 Å². The zero-order chi connectivity index (χ0) is 20.8. The van der Waals surface area contributed by atoms with Gasteiger partial charge in [0.25, 0.3) is 5.91 Å². The number of amides is 2. The Bertz CT molecular complexity index is 1030. The average Bonchev–Trinajstić information content (AvgIpc) is 2.69. The van der Waals surface area contributed by atoms with Crippen molar-refractivity contribution in [2.24, 2.45) is 0 Å². The molecule has 0 heterocycles. The Kier molecular flexibility index (Phi) is 7.83. The largest absolute Gasteiger partial charge is 0.325 e. The fourth-order valence-electron chi connectivity index (χ4n) is 2.39. The fourth-order valence-corrected chi connectivity index (χ4v) is 3.94. The quantitative estimate of drug-likeness (QED) is 0.266. The van der Waals surface area contributed by atoms with Gasteiger partial charge in [-0.25, -0.2) is 0 Å². The molecule has 0 aliphatic rings. The van der Waals surface area contributed by atoms with E-state index in [1.54, 1.807) is 24.3 Å². The number of thioether (sulfide) groups is 1. The summed E-state index contributed by atoms with van der Waals surface area (Å²) in [5.41, 5.74) is 1.76. The van der Waals surface area contributed by atoms with Gasteiger partial charge in [0.05, 0.1) is 16.3 Å². The van der Waals surface area contributed by atoms with Crippen LogP contribution in [0.4, 0.5) is 11.4 Å². The SMILES string of the molecule is O=C(CSc1ccc(NC(=O)c2ccc(Cl)cc2Cl)cc1)Nc1ccc(I)cc1. The van der Waals surface area contributed by atoms with Gasteiger partial charge in [-0.3, -0.25) is 9.59 Å². The molecule has 4 nitrogen and oxygen atoms in total. The summed E-state index contributed by atoms with van der Waals surface area (Å²) in [7, 11) is 0. The van der Waals surface area contributed by atoms with E-state index in [9.17, 15) is 9.59 Å². The number of hydrogen-bond acceptors (Lipinski definition) is 3. The Labute approximate surface area is 196 Å². The molecule has 0 fully saturated rings. The van der Waals surface area contributed by atoms with E-state index in [2.05, 4.69) is 33.2 Å². The molecule has 3 aromatic carbocycles. The monoisotopic (exact) mass is 556 g/mol. The van der Waals surface area contributed by atoms with Crippen LogP contribution >= 0.6 is 57.6 Å². The number of rotatable bonds is 6. The molecule has 8 heteroatoms. The molecule has 148 valence electrons. The fraction of sp³-hybridized carbons (Fsp3) is 0.0476. The highest BCUT2D eigenvalue weighted by Gasteiger charge is 2.11.